The van der Waals surface area contributed by atoms with Gasteiger partial charge >= 0.3 is 12.0 Å². The zero-order valence-corrected chi connectivity index (χ0v) is 22.0. The Balaban J connectivity index is 1.35. The third-order valence-electron chi connectivity index (χ3n) is 6.40. The zero-order chi connectivity index (χ0) is 27.1. The van der Waals surface area contributed by atoms with Gasteiger partial charge in [-0.15, -0.1) is 0 Å². The molecule has 0 fully saturated rings. The topological polar surface area (TPSA) is 120 Å². The van der Waals surface area contributed by atoms with E-state index < -0.39 is 23.9 Å². The summed E-state index contributed by atoms with van der Waals surface area (Å²) in [7, 11) is 0. The molecule has 3 amide bonds. The summed E-state index contributed by atoms with van der Waals surface area (Å²) in [6.07, 6.45) is 2.36. The minimum atomic E-state index is -1.40. The fourth-order valence-electron chi connectivity index (χ4n) is 4.42. The first-order chi connectivity index (χ1) is 18.3. The highest BCUT2D eigenvalue weighted by Crippen LogP contribution is 2.32. The first kappa shape index (κ1) is 27.3. The number of aliphatic carboxylic acids is 1. The summed E-state index contributed by atoms with van der Waals surface area (Å²) in [6.45, 7) is 0.236. The minimum Gasteiger partial charge on any atom is -0.480 e. The molecule has 8 nitrogen and oxygen atoms in total. The summed E-state index contributed by atoms with van der Waals surface area (Å²) in [5, 5.41) is 20.8. The molecular formula is C28H28Cl2N4O4. The number of carboxylic acid groups (broad SMARTS) is 1. The molecule has 10 heteroatoms. The average molecular weight is 555 g/mol. The lowest BCUT2D eigenvalue weighted by Gasteiger charge is -2.19. The van der Waals surface area contributed by atoms with Gasteiger partial charge in [-0.05, 0) is 48.1 Å². The number of aryl methyl sites for hydroxylation is 1. The summed E-state index contributed by atoms with van der Waals surface area (Å²) in [4.78, 5) is 37.3. The van der Waals surface area contributed by atoms with Gasteiger partial charge in [0.2, 0.25) is 0 Å². The van der Waals surface area contributed by atoms with Gasteiger partial charge in [-0.1, -0.05) is 77.8 Å². The van der Waals surface area contributed by atoms with E-state index in [4.69, 9.17) is 23.2 Å². The summed E-state index contributed by atoms with van der Waals surface area (Å²) >= 11 is 12.7. The molecule has 4 rings (SSSR count). The smallest absolute Gasteiger partial charge is 0.328 e. The van der Waals surface area contributed by atoms with E-state index in [1.165, 1.54) is 11.6 Å². The van der Waals surface area contributed by atoms with Crippen LogP contribution >= 0.6 is 23.2 Å². The van der Waals surface area contributed by atoms with Crippen LogP contribution in [0, 0.1) is 0 Å². The maximum atomic E-state index is 13.0. The quantitative estimate of drug-likeness (QED) is 0.246. The lowest BCUT2D eigenvalue weighted by molar-refractivity contribution is -0.139. The van der Waals surface area contributed by atoms with Gasteiger partial charge in [0.1, 0.15) is 6.04 Å². The molecule has 3 aromatic rings. The molecule has 0 heterocycles. The maximum Gasteiger partial charge on any atom is 0.328 e. The fourth-order valence-corrected chi connectivity index (χ4v) is 5.03. The second-order valence-corrected chi connectivity index (χ2v) is 9.74. The van der Waals surface area contributed by atoms with Crippen molar-refractivity contribution < 1.29 is 19.5 Å². The molecule has 0 saturated carbocycles. The van der Waals surface area contributed by atoms with Crippen molar-refractivity contribution in [1.29, 1.82) is 0 Å². The number of carboxylic acids is 1. The Hall–Kier alpha value is -3.75. The van der Waals surface area contributed by atoms with Crippen LogP contribution in [0.2, 0.25) is 10.0 Å². The monoisotopic (exact) mass is 554 g/mol. The van der Waals surface area contributed by atoms with Crippen LogP contribution in [0.25, 0.3) is 0 Å². The van der Waals surface area contributed by atoms with Gasteiger partial charge in [-0.2, -0.15) is 0 Å². The molecule has 0 bridgehead atoms. The SMILES string of the molecule is O=C(NCC(NC(=O)c1c(Cl)ccc(NCCc2ccccc2)c1Cl)C(=O)O)NC1CCc2ccccc21. The molecular weight excluding hydrogens is 527 g/mol. The molecule has 38 heavy (non-hydrogen) atoms. The largest absolute Gasteiger partial charge is 0.480 e. The predicted molar refractivity (Wildman–Crippen MR) is 148 cm³/mol. The van der Waals surface area contributed by atoms with Crippen LogP contribution in [-0.2, 0) is 17.6 Å². The van der Waals surface area contributed by atoms with Gasteiger partial charge in [0, 0.05) is 6.54 Å². The van der Waals surface area contributed by atoms with Crippen LogP contribution in [0.1, 0.15) is 39.5 Å². The first-order valence-corrected chi connectivity index (χ1v) is 13.0. The highest BCUT2D eigenvalue weighted by molar-refractivity contribution is 6.41. The first-order valence-electron chi connectivity index (χ1n) is 12.2. The molecule has 0 aliphatic heterocycles. The van der Waals surface area contributed by atoms with Crippen molar-refractivity contribution in [3.8, 4) is 0 Å². The maximum absolute atomic E-state index is 13.0. The number of hydrogen-bond donors (Lipinski definition) is 5. The van der Waals surface area contributed by atoms with Gasteiger partial charge in [-0.3, -0.25) is 4.79 Å². The normalized spacial score (nSPS) is 14.7. The minimum absolute atomic E-state index is 0.0451. The van der Waals surface area contributed by atoms with Gasteiger partial charge in [-0.25, -0.2) is 9.59 Å². The molecule has 0 aromatic heterocycles. The number of fused-ring (bicyclic) bond motifs is 1. The molecule has 1 aliphatic rings. The molecule has 0 saturated heterocycles. The third-order valence-corrected chi connectivity index (χ3v) is 7.11. The average Bonchev–Trinajstić information content (AvgIpc) is 3.31. The zero-order valence-electron chi connectivity index (χ0n) is 20.5. The number of anilines is 1. The number of nitrogens with one attached hydrogen (secondary N) is 4. The van der Waals surface area contributed by atoms with Crippen molar-refractivity contribution in [3.63, 3.8) is 0 Å². The van der Waals surface area contributed by atoms with Crippen molar-refractivity contribution in [3.05, 3.63) is 99.0 Å². The van der Waals surface area contributed by atoms with E-state index in [1.54, 1.807) is 6.07 Å². The number of carbonyl (C=O) groups is 3. The second kappa shape index (κ2) is 12.7. The van der Waals surface area contributed by atoms with Gasteiger partial charge < -0.3 is 26.4 Å². The standard InChI is InChI=1S/C28H28Cl2N4O4/c29-20-11-13-22(31-15-14-17-6-2-1-3-7-17)25(30)24(20)26(35)33-23(27(36)37)16-32-28(38)34-21-12-10-18-8-4-5-9-19(18)21/h1-9,11,13,21,23,31H,10,12,14-16H2,(H,33,35)(H,36,37)(H2,32,34,38). The molecule has 198 valence electrons. The Kier molecular flexibility index (Phi) is 9.10. The molecule has 0 radical (unpaired) electrons. The van der Waals surface area contributed by atoms with Crippen LogP contribution in [0.3, 0.4) is 0 Å². The number of amides is 3. The summed E-state index contributed by atoms with van der Waals surface area (Å²) in [6, 6.07) is 18.8. The third kappa shape index (κ3) is 6.76. The molecule has 2 unspecified atom stereocenters. The van der Waals surface area contributed by atoms with E-state index in [-0.39, 0.29) is 28.2 Å². The van der Waals surface area contributed by atoms with Crippen molar-refractivity contribution in [2.75, 3.05) is 18.4 Å². The lowest BCUT2D eigenvalue weighted by Crippen LogP contribution is -2.50. The van der Waals surface area contributed by atoms with E-state index >= 15 is 0 Å². The highest BCUT2D eigenvalue weighted by atomic mass is 35.5. The van der Waals surface area contributed by atoms with E-state index in [1.807, 2.05) is 54.6 Å². The Morgan fingerprint density at radius 1 is 0.974 bits per heavy atom. The lowest BCUT2D eigenvalue weighted by atomic mass is 10.1. The Bertz CT molecular complexity index is 1320. The van der Waals surface area contributed by atoms with Crippen LogP contribution in [0.5, 0.6) is 0 Å². The molecule has 2 atom stereocenters. The Labute approximate surface area is 230 Å². The van der Waals surface area contributed by atoms with Gasteiger partial charge in [0.05, 0.1) is 33.9 Å². The van der Waals surface area contributed by atoms with Crippen LogP contribution < -0.4 is 21.3 Å². The molecule has 3 aromatic carbocycles. The summed E-state index contributed by atoms with van der Waals surface area (Å²) in [5.74, 6) is -2.07. The Morgan fingerprint density at radius 2 is 1.71 bits per heavy atom. The van der Waals surface area contributed by atoms with E-state index in [9.17, 15) is 19.5 Å². The highest BCUT2D eigenvalue weighted by Gasteiger charge is 2.27. The van der Waals surface area contributed by atoms with Crippen molar-refractivity contribution >= 4 is 46.8 Å². The van der Waals surface area contributed by atoms with Crippen LogP contribution in [0.4, 0.5) is 10.5 Å². The number of rotatable bonds is 10. The molecule has 0 spiro atoms. The molecule has 1 aliphatic carbocycles. The van der Waals surface area contributed by atoms with Crippen molar-refractivity contribution in [2.45, 2.75) is 31.3 Å². The predicted octanol–water partition coefficient (Wildman–Crippen LogP) is 4.82. The number of urea groups is 1. The van der Waals surface area contributed by atoms with Crippen molar-refractivity contribution in [2.24, 2.45) is 0 Å². The van der Waals surface area contributed by atoms with Crippen LogP contribution in [-0.4, -0.2) is 42.1 Å². The van der Waals surface area contributed by atoms with E-state index in [2.05, 4.69) is 21.3 Å². The van der Waals surface area contributed by atoms with Crippen molar-refractivity contribution in [1.82, 2.24) is 16.0 Å². The number of hydrogen-bond acceptors (Lipinski definition) is 4. The summed E-state index contributed by atoms with van der Waals surface area (Å²) < 4.78 is 0. The van der Waals surface area contributed by atoms with E-state index in [0.29, 0.717) is 12.2 Å². The number of benzene rings is 3. The van der Waals surface area contributed by atoms with E-state index in [0.717, 1.165) is 30.4 Å². The van der Waals surface area contributed by atoms with Crippen LogP contribution in [0.15, 0.2) is 66.7 Å². The van der Waals surface area contributed by atoms with Gasteiger partial charge in [0.25, 0.3) is 5.91 Å². The van der Waals surface area contributed by atoms with Gasteiger partial charge in [0.15, 0.2) is 0 Å². The fraction of sp³-hybridized carbons (Fsp3) is 0.250. The molecule has 5 N–H and O–H groups in total. The second-order valence-electron chi connectivity index (χ2n) is 8.96. The Morgan fingerprint density at radius 3 is 2.47 bits per heavy atom. The summed E-state index contributed by atoms with van der Waals surface area (Å²) in [5.41, 5.74) is 3.82. The number of halogens is 2. The number of carbonyl (C=O) groups excluding carboxylic acids is 2.